The smallest absolute Gasteiger partial charge is 0.320 e. The monoisotopic (exact) mass is 395 g/mol. The van der Waals surface area contributed by atoms with Crippen LogP contribution in [0.4, 0.5) is 4.79 Å². The summed E-state index contributed by atoms with van der Waals surface area (Å²) in [5.41, 5.74) is 1.84. The van der Waals surface area contributed by atoms with Crippen molar-refractivity contribution < 1.29 is 14.3 Å². The molecule has 2 fully saturated rings. The van der Waals surface area contributed by atoms with Gasteiger partial charge in [-0.1, -0.05) is 18.2 Å². The van der Waals surface area contributed by atoms with Gasteiger partial charge in [0.1, 0.15) is 0 Å². The molecule has 2 saturated heterocycles. The lowest BCUT2D eigenvalue weighted by Gasteiger charge is -2.38. The second kappa shape index (κ2) is 8.91. The Morgan fingerprint density at radius 1 is 0.897 bits per heavy atom. The van der Waals surface area contributed by atoms with Gasteiger partial charge in [0, 0.05) is 57.1 Å². The second-order valence-electron chi connectivity index (χ2n) is 7.08. The molecular formula is C21H25N5O3. The highest BCUT2D eigenvalue weighted by molar-refractivity contribution is 5.92. The summed E-state index contributed by atoms with van der Waals surface area (Å²) in [7, 11) is 0. The van der Waals surface area contributed by atoms with Crippen molar-refractivity contribution in [2.75, 3.05) is 52.5 Å². The Balaban J connectivity index is 1.29. The minimum absolute atomic E-state index is 0.0454. The van der Waals surface area contributed by atoms with Crippen molar-refractivity contribution in [3.63, 3.8) is 0 Å². The molecule has 0 bridgehead atoms. The first kappa shape index (κ1) is 19.2. The number of amides is 3. The van der Waals surface area contributed by atoms with Crippen molar-refractivity contribution in [2.24, 2.45) is 0 Å². The average Bonchev–Trinajstić information content (AvgIpc) is 3.27. The zero-order chi connectivity index (χ0) is 20.1. The minimum atomic E-state index is -0.0454. The number of benzene rings is 1. The number of hydrogen-bond acceptors (Lipinski definition) is 4. The third-order valence-corrected chi connectivity index (χ3v) is 5.19. The van der Waals surface area contributed by atoms with Crippen LogP contribution in [0.5, 0.6) is 0 Å². The van der Waals surface area contributed by atoms with Crippen LogP contribution < -0.4 is 0 Å². The molecule has 152 valence electrons. The van der Waals surface area contributed by atoms with E-state index in [1.165, 1.54) is 0 Å². The normalized spacial score (nSPS) is 17.7. The Bertz CT molecular complexity index is 865. The van der Waals surface area contributed by atoms with Crippen LogP contribution in [0.2, 0.25) is 0 Å². The van der Waals surface area contributed by atoms with Crippen LogP contribution in [0.3, 0.4) is 0 Å². The van der Waals surface area contributed by atoms with Crippen molar-refractivity contribution in [3.8, 4) is 5.69 Å². The Morgan fingerprint density at radius 2 is 1.55 bits per heavy atom. The molecule has 0 saturated carbocycles. The van der Waals surface area contributed by atoms with Gasteiger partial charge in [-0.3, -0.25) is 4.79 Å². The molecule has 3 amide bonds. The van der Waals surface area contributed by atoms with Gasteiger partial charge >= 0.3 is 6.03 Å². The number of urea groups is 1. The minimum Gasteiger partial charge on any atom is -0.378 e. The van der Waals surface area contributed by atoms with Crippen molar-refractivity contribution in [1.29, 1.82) is 0 Å². The molecule has 0 aliphatic carbocycles. The molecule has 1 aromatic heterocycles. The summed E-state index contributed by atoms with van der Waals surface area (Å²) in [6.07, 6.45) is 6.97. The van der Waals surface area contributed by atoms with E-state index >= 15 is 0 Å². The average molecular weight is 395 g/mol. The van der Waals surface area contributed by atoms with Crippen LogP contribution in [0.25, 0.3) is 11.8 Å². The van der Waals surface area contributed by atoms with E-state index in [0.717, 1.165) is 11.3 Å². The molecule has 0 spiro atoms. The van der Waals surface area contributed by atoms with Gasteiger partial charge in [-0.15, -0.1) is 0 Å². The van der Waals surface area contributed by atoms with Gasteiger partial charge < -0.3 is 19.4 Å². The van der Waals surface area contributed by atoms with Gasteiger partial charge in [-0.25, -0.2) is 9.48 Å². The maximum Gasteiger partial charge on any atom is 0.320 e. The number of piperazine rings is 1. The van der Waals surface area contributed by atoms with Gasteiger partial charge in [0.15, 0.2) is 0 Å². The summed E-state index contributed by atoms with van der Waals surface area (Å²) in [4.78, 5) is 30.5. The van der Waals surface area contributed by atoms with Crippen LogP contribution in [-0.4, -0.2) is 88.9 Å². The van der Waals surface area contributed by atoms with Gasteiger partial charge in [-0.05, 0) is 18.2 Å². The molecule has 8 heteroatoms. The van der Waals surface area contributed by atoms with E-state index in [1.807, 2.05) is 46.3 Å². The van der Waals surface area contributed by atoms with E-state index in [0.29, 0.717) is 52.5 Å². The first-order valence-corrected chi connectivity index (χ1v) is 9.89. The summed E-state index contributed by atoms with van der Waals surface area (Å²) < 4.78 is 7.07. The van der Waals surface area contributed by atoms with Crippen molar-refractivity contribution in [2.45, 2.75) is 0 Å². The van der Waals surface area contributed by atoms with E-state index < -0.39 is 0 Å². The zero-order valence-electron chi connectivity index (χ0n) is 16.3. The molecule has 2 aliphatic heterocycles. The number of para-hydroxylation sites is 1. The lowest BCUT2D eigenvalue weighted by atomic mass is 10.2. The fourth-order valence-electron chi connectivity index (χ4n) is 3.49. The van der Waals surface area contributed by atoms with Crippen LogP contribution in [0.15, 0.2) is 48.8 Å². The number of rotatable bonds is 3. The fourth-order valence-corrected chi connectivity index (χ4v) is 3.49. The van der Waals surface area contributed by atoms with Gasteiger partial charge in [0.25, 0.3) is 0 Å². The van der Waals surface area contributed by atoms with Crippen LogP contribution in [0, 0.1) is 0 Å². The lowest BCUT2D eigenvalue weighted by Crippen LogP contribution is -2.55. The fraction of sp³-hybridized carbons (Fsp3) is 0.381. The lowest BCUT2D eigenvalue weighted by molar-refractivity contribution is -0.127. The second-order valence-corrected chi connectivity index (χ2v) is 7.08. The van der Waals surface area contributed by atoms with Crippen molar-refractivity contribution in [1.82, 2.24) is 24.5 Å². The molecule has 4 rings (SSSR count). The number of aromatic nitrogens is 2. The predicted molar refractivity (Wildman–Crippen MR) is 109 cm³/mol. The van der Waals surface area contributed by atoms with E-state index in [-0.39, 0.29) is 11.9 Å². The first-order valence-electron chi connectivity index (χ1n) is 9.89. The molecule has 0 radical (unpaired) electrons. The molecule has 0 N–H and O–H groups in total. The molecule has 29 heavy (non-hydrogen) atoms. The van der Waals surface area contributed by atoms with Crippen LogP contribution in [0.1, 0.15) is 5.56 Å². The summed E-state index contributed by atoms with van der Waals surface area (Å²) >= 11 is 0. The maximum atomic E-state index is 12.5. The molecule has 2 aromatic rings. The molecule has 0 unspecified atom stereocenters. The Labute approximate surface area is 169 Å². The number of carbonyl (C=O) groups is 2. The number of ether oxygens (including phenoxy) is 1. The maximum absolute atomic E-state index is 12.5. The molecule has 0 atom stereocenters. The van der Waals surface area contributed by atoms with Crippen LogP contribution >= 0.6 is 0 Å². The Hall–Kier alpha value is -3.13. The molecular weight excluding hydrogens is 370 g/mol. The van der Waals surface area contributed by atoms with E-state index in [1.54, 1.807) is 27.9 Å². The predicted octanol–water partition coefficient (Wildman–Crippen LogP) is 1.48. The van der Waals surface area contributed by atoms with E-state index in [4.69, 9.17) is 4.74 Å². The zero-order valence-corrected chi connectivity index (χ0v) is 16.3. The number of hydrogen-bond donors (Lipinski definition) is 0. The van der Waals surface area contributed by atoms with Gasteiger partial charge in [-0.2, -0.15) is 5.10 Å². The molecule has 8 nitrogen and oxygen atoms in total. The summed E-state index contributed by atoms with van der Waals surface area (Å²) in [5, 5.41) is 4.33. The third-order valence-electron chi connectivity index (χ3n) is 5.19. The van der Waals surface area contributed by atoms with Gasteiger partial charge in [0.2, 0.25) is 5.91 Å². The molecule has 1 aromatic carbocycles. The number of nitrogens with zero attached hydrogens (tertiary/aromatic N) is 5. The van der Waals surface area contributed by atoms with Crippen molar-refractivity contribution in [3.05, 3.63) is 54.4 Å². The van der Waals surface area contributed by atoms with Crippen LogP contribution in [-0.2, 0) is 9.53 Å². The SMILES string of the molecule is O=C(/C=C/c1cnn(-c2ccccc2)c1)N1CCN(C(=O)N2CCOCC2)CC1. The van der Waals surface area contributed by atoms with E-state index in [9.17, 15) is 9.59 Å². The first-order chi connectivity index (χ1) is 14.2. The van der Waals surface area contributed by atoms with E-state index in [2.05, 4.69) is 5.10 Å². The highest BCUT2D eigenvalue weighted by Gasteiger charge is 2.27. The van der Waals surface area contributed by atoms with Crippen molar-refractivity contribution >= 4 is 18.0 Å². The number of carbonyl (C=O) groups excluding carboxylic acids is 2. The quantitative estimate of drug-likeness (QED) is 0.738. The number of morpholine rings is 1. The highest BCUT2D eigenvalue weighted by Crippen LogP contribution is 2.11. The highest BCUT2D eigenvalue weighted by atomic mass is 16.5. The Morgan fingerprint density at radius 3 is 2.28 bits per heavy atom. The molecule has 3 heterocycles. The summed E-state index contributed by atoms with van der Waals surface area (Å²) in [6.45, 7) is 4.66. The van der Waals surface area contributed by atoms with Gasteiger partial charge in [0.05, 0.1) is 25.1 Å². The largest absolute Gasteiger partial charge is 0.378 e. The molecule has 2 aliphatic rings. The topological polar surface area (TPSA) is 70.9 Å². The Kier molecular flexibility index (Phi) is 5.90. The summed E-state index contributed by atoms with van der Waals surface area (Å²) in [6, 6.07) is 9.87. The standard InChI is InChI=1S/C21H25N5O3/c27-20(7-6-18-16-22-26(17-18)19-4-2-1-3-5-19)23-8-10-24(11-9-23)21(28)25-12-14-29-15-13-25/h1-7,16-17H,8-15H2/b7-6+. The summed E-state index contributed by atoms with van der Waals surface area (Å²) in [5.74, 6) is -0.0454. The third kappa shape index (κ3) is 4.65.